The average molecular weight is 412 g/mol. The van der Waals surface area contributed by atoms with E-state index in [-0.39, 0.29) is 0 Å². The van der Waals surface area contributed by atoms with Gasteiger partial charge in [-0.1, -0.05) is 118 Å². The quantitative estimate of drug-likeness (QED) is 0.470. The van der Waals surface area contributed by atoms with Crippen molar-refractivity contribution >= 4 is 19.2 Å². The van der Waals surface area contributed by atoms with Gasteiger partial charge in [-0.3, -0.25) is 0 Å². The predicted molar refractivity (Wildman–Crippen MR) is 135 cm³/mol. The molecular formula is C28H33BO2. The van der Waals surface area contributed by atoms with E-state index in [1.165, 1.54) is 0 Å². The Morgan fingerprint density at radius 2 is 1.71 bits per heavy atom. The molecule has 0 bridgehead atoms. The van der Waals surface area contributed by atoms with Crippen LogP contribution >= 0.6 is 0 Å². The number of hydrogen-bond acceptors (Lipinski definition) is 2. The van der Waals surface area contributed by atoms with Gasteiger partial charge < -0.3 is 10.0 Å². The van der Waals surface area contributed by atoms with Crippen molar-refractivity contribution in [1.29, 1.82) is 0 Å². The van der Waals surface area contributed by atoms with Crippen LogP contribution in [0.5, 0.6) is 0 Å². The van der Waals surface area contributed by atoms with Crippen LogP contribution < -0.4 is 10.4 Å². The maximum Gasteiger partial charge on any atom is 0.489 e. The first-order valence-corrected chi connectivity index (χ1v) is 10.9. The smallest absolute Gasteiger partial charge is 0.423 e. The molecule has 160 valence electrons. The van der Waals surface area contributed by atoms with Crippen LogP contribution in [0.4, 0.5) is 0 Å². The van der Waals surface area contributed by atoms with Gasteiger partial charge in [-0.05, 0) is 51.4 Å². The number of hydrogen-bond donors (Lipinski definition) is 2. The van der Waals surface area contributed by atoms with E-state index in [9.17, 15) is 10.0 Å². The fourth-order valence-corrected chi connectivity index (χ4v) is 3.33. The van der Waals surface area contributed by atoms with Crippen LogP contribution in [0.1, 0.15) is 38.3 Å². The molecule has 3 heteroatoms. The van der Waals surface area contributed by atoms with E-state index in [2.05, 4.69) is 69.9 Å². The van der Waals surface area contributed by atoms with Crippen LogP contribution in [0.25, 0.3) is 12.1 Å². The van der Waals surface area contributed by atoms with Gasteiger partial charge >= 0.3 is 7.12 Å². The minimum atomic E-state index is -1.60. The zero-order valence-electron chi connectivity index (χ0n) is 18.8. The molecule has 0 atom stereocenters. The predicted octanol–water partition coefficient (Wildman–Crippen LogP) is 4.51. The maximum absolute atomic E-state index is 10.2. The van der Waals surface area contributed by atoms with Crippen LogP contribution in [-0.4, -0.2) is 17.2 Å². The Labute approximate surface area is 187 Å². The van der Waals surface area contributed by atoms with Crippen molar-refractivity contribution in [3.63, 3.8) is 0 Å². The van der Waals surface area contributed by atoms with E-state index < -0.39 is 7.12 Å². The summed E-state index contributed by atoms with van der Waals surface area (Å²) in [4.78, 5) is 0. The summed E-state index contributed by atoms with van der Waals surface area (Å²) in [5.41, 5.74) is 3.47. The Kier molecular flexibility index (Phi) is 10.0. The topological polar surface area (TPSA) is 40.5 Å². The lowest BCUT2D eigenvalue weighted by Crippen LogP contribution is -2.32. The Hall–Kier alpha value is -2.88. The summed E-state index contributed by atoms with van der Waals surface area (Å²) < 4.78 is 0. The van der Waals surface area contributed by atoms with Crippen molar-refractivity contribution in [2.45, 2.75) is 33.6 Å². The Morgan fingerprint density at radius 3 is 2.39 bits per heavy atom. The van der Waals surface area contributed by atoms with Crippen LogP contribution in [0.15, 0.2) is 96.6 Å². The second-order valence-electron chi connectivity index (χ2n) is 7.84. The van der Waals surface area contributed by atoms with E-state index in [0.717, 1.165) is 33.6 Å². The highest BCUT2D eigenvalue weighted by Crippen LogP contribution is 2.21. The first-order valence-electron chi connectivity index (χ1n) is 10.9. The van der Waals surface area contributed by atoms with Gasteiger partial charge in [-0.15, -0.1) is 0 Å². The normalized spacial score (nSPS) is 13.7. The molecule has 2 N–H and O–H groups in total. The fourth-order valence-electron chi connectivity index (χ4n) is 3.33. The molecule has 0 saturated carbocycles. The molecule has 0 spiro atoms. The molecule has 0 heterocycles. The van der Waals surface area contributed by atoms with Crippen LogP contribution in [-0.2, 0) is 6.42 Å². The van der Waals surface area contributed by atoms with Crippen molar-refractivity contribution < 1.29 is 10.0 Å². The van der Waals surface area contributed by atoms with Gasteiger partial charge in [0.1, 0.15) is 0 Å². The first-order chi connectivity index (χ1) is 14.9. The number of rotatable bonds is 9. The molecular weight excluding hydrogens is 379 g/mol. The standard InChI is InChI=1S/C28H33BO2/c1-5-6-7-8-16-24(17-13-14-22(2)3)21-25-18-10-12-20-27(25)28(29(30)31)26-19-11-9-15-23(26)4/h6-20,22,30-31H,4-5,21H2,1-3H3/b7-6+,14-13-,16-8+,24-17+,28-26+. The molecule has 0 unspecified atom stereocenters. The third kappa shape index (κ3) is 7.71. The zero-order valence-corrected chi connectivity index (χ0v) is 18.8. The molecule has 0 aromatic heterocycles. The van der Waals surface area contributed by atoms with Crippen molar-refractivity contribution in [2.24, 2.45) is 5.92 Å². The summed E-state index contributed by atoms with van der Waals surface area (Å²) in [7, 11) is -1.60. The summed E-state index contributed by atoms with van der Waals surface area (Å²) >= 11 is 0. The highest BCUT2D eigenvalue weighted by molar-refractivity contribution is 6.65. The molecule has 31 heavy (non-hydrogen) atoms. The molecule has 0 amide bonds. The van der Waals surface area contributed by atoms with Crippen LogP contribution in [0.3, 0.4) is 0 Å². The van der Waals surface area contributed by atoms with Crippen molar-refractivity contribution in [2.75, 3.05) is 0 Å². The van der Waals surface area contributed by atoms with Crippen molar-refractivity contribution in [1.82, 2.24) is 0 Å². The summed E-state index contributed by atoms with van der Waals surface area (Å²) in [5, 5.41) is 22.0. The SMILES string of the molecule is C=c1cccc/c1=C(\B(O)O)c1ccccc1CC(=C/C=C\C(C)C)/C=C/C=C/CC. The van der Waals surface area contributed by atoms with E-state index in [1.54, 1.807) is 0 Å². The largest absolute Gasteiger partial charge is 0.489 e. The second-order valence-corrected chi connectivity index (χ2v) is 7.84. The van der Waals surface area contributed by atoms with Gasteiger partial charge in [0.15, 0.2) is 0 Å². The minimum Gasteiger partial charge on any atom is -0.423 e. The summed E-state index contributed by atoms with van der Waals surface area (Å²) in [5.74, 6) is 0.479. The summed E-state index contributed by atoms with van der Waals surface area (Å²) in [6, 6.07) is 15.4. The molecule has 2 nitrogen and oxygen atoms in total. The molecule has 0 saturated heterocycles. The van der Waals surface area contributed by atoms with Gasteiger partial charge in [0.05, 0.1) is 0 Å². The minimum absolute atomic E-state index is 0.479. The second kappa shape index (κ2) is 12.7. The first kappa shape index (κ1) is 24.4. The number of allylic oxidation sites excluding steroid dienone is 8. The van der Waals surface area contributed by atoms with E-state index >= 15 is 0 Å². The Balaban J connectivity index is 2.57. The zero-order chi connectivity index (χ0) is 22.6. The molecule has 0 aliphatic carbocycles. The monoisotopic (exact) mass is 412 g/mol. The molecule has 2 aromatic rings. The Bertz CT molecular complexity index is 1070. The third-order valence-corrected chi connectivity index (χ3v) is 4.87. The van der Waals surface area contributed by atoms with Gasteiger partial charge in [0.25, 0.3) is 0 Å². The summed E-state index contributed by atoms with van der Waals surface area (Å²) in [6.45, 7) is 10.5. The van der Waals surface area contributed by atoms with E-state index in [0.29, 0.717) is 17.8 Å². The van der Waals surface area contributed by atoms with Gasteiger partial charge in [0, 0.05) is 0 Å². The lowest BCUT2D eigenvalue weighted by molar-refractivity contribution is 0.427. The van der Waals surface area contributed by atoms with E-state index in [4.69, 9.17) is 0 Å². The lowest BCUT2D eigenvalue weighted by atomic mass is 9.71. The van der Waals surface area contributed by atoms with Gasteiger partial charge in [-0.25, -0.2) is 0 Å². The molecule has 0 radical (unpaired) electrons. The molecule has 0 fully saturated rings. The maximum atomic E-state index is 10.2. The highest BCUT2D eigenvalue weighted by atomic mass is 16.4. The average Bonchev–Trinajstić information content (AvgIpc) is 2.73. The van der Waals surface area contributed by atoms with Gasteiger partial charge in [0.2, 0.25) is 0 Å². The summed E-state index contributed by atoms with van der Waals surface area (Å²) in [6.07, 6.45) is 16.4. The van der Waals surface area contributed by atoms with Crippen LogP contribution in [0.2, 0.25) is 0 Å². The number of benzene rings is 2. The van der Waals surface area contributed by atoms with E-state index in [1.807, 2.05) is 48.5 Å². The molecule has 2 rings (SSSR count). The molecule has 0 aliphatic rings. The van der Waals surface area contributed by atoms with Crippen LogP contribution in [0, 0.1) is 5.92 Å². The third-order valence-electron chi connectivity index (χ3n) is 4.87. The van der Waals surface area contributed by atoms with Gasteiger partial charge in [-0.2, -0.15) is 0 Å². The fraction of sp³-hybridized carbons (Fsp3) is 0.214. The van der Waals surface area contributed by atoms with Crippen molar-refractivity contribution in [3.05, 3.63) is 118 Å². The molecule has 0 aliphatic heterocycles. The highest BCUT2D eigenvalue weighted by Gasteiger charge is 2.20. The molecule has 2 aromatic carbocycles. The van der Waals surface area contributed by atoms with Crippen molar-refractivity contribution in [3.8, 4) is 0 Å². The lowest BCUT2D eigenvalue weighted by Gasteiger charge is -2.14. The Morgan fingerprint density at radius 1 is 1.00 bits per heavy atom.